The smallest absolute Gasteiger partial charge is 0.0400 e. The Morgan fingerprint density at radius 2 is 1.94 bits per heavy atom. The first kappa shape index (κ1) is 11.3. The summed E-state index contributed by atoms with van der Waals surface area (Å²) < 4.78 is 0. The van der Waals surface area contributed by atoms with Crippen molar-refractivity contribution in [3.63, 3.8) is 0 Å². The molecule has 1 heteroatoms. The highest BCUT2D eigenvalue weighted by Gasteiger charge is 2.21. The van der Waals surface area contributed by atoms with E-state index in [4.69, 9.17) is 0 Å². The summed E-state index contributed by atoms with van der Waals surface area (Å²) >= 11 is 3.86. The first-order chi connectivity index (χ1) is 8.25. The molecule has 3 rings (SSSR count). The van der Waals surface area contributed by atoms with Gasteiger partial charge in [0, 0.05) is 4.83 Å². The van der Waals surface area contributed by atoms with E-state index < -0.39 is 0 Å². The summed E-state index contributed by atoms with van der Waals surface area (Å²) in [6.45, 7) is 2.36. The SMILES string of the molecule is CC1CCc2c(ccc3ccccc23)C(Br)C1. The zero-order chi connectivity index (χ0) is 11.8. The molecule has 0 saturated heterocycles. The van der Waals surface area contributed by atoms with Crippen molar-refractivity contribution in [1.82, 2.24) is 0 Å². The van der Waals surface area contributed by atoms with Crippen LogP contribution in [0.15, 0.2) is 36.4 Å². The molecular weight excluding hydrogens is 272 g/mol. The minimum atomic E-state index is 0.527. The molecule has 1 aliphatic carbocycles. The summed E-state index contributed by atoms with van der Waals surface area (Å²) in [7, 11) is 0. The van der Waals surface area contributed by atoms with Crippen LogP contribution in [-0.4, -0.2) is 0 Å². The first-order valence-electron chi connectivity index (χ1n) is 6.40. The van der Waals surface area contributed by atoms with Crippen LogP contribution in [0.25, 0.3) is 10.8 Å². The lowest BCUT2D eigenvalue weighted by molar-refractivity contribution is 0.508. The molecule has 0 heterocycles. The molecule has 0 aliphatic heterocycles. The highest BCUT2D eigenvalue weighted by atomic mass is 79.9. The molecule has 17 heavy (non-hydrogen) atoms. The number of hydrogen-bond donors (Lipinski definition) is 0. The maximum Gasteiger partial charge on any atom is 0.0400 e. The van der Waals surface area contributed by atoms with Gasteiger partial charge in [0.25, 0.3) is 0 Å². The summed E-state index contributed by atoms with van der Waals surface area (Å²) in [5.41, 5.74) is 3.07. The summed E-state index contributed by atoms with van der Waals surface area (Å²) in [5.74, 6) is 0.811. The van der Waals surface area contributed by atoms with Gasteiger partial charge in [-0.15, -0.1) is 0 Å². The van der Waals surface area contributed by atoms with Crippen molar-refractivity contribution >= 4 is 26.7 Å². The molecule has 2 aromatic rings. The molecule has 0 N–H and O–H groups in total. The Kier molecular flexibility index (Phi) is 2.96. The van der Waals surface area contributed by atoms with Crippen LogP contribution >= 0.6 is 15.9 Å². The quantitative estimate of drug-likeness (QED) is 0.459. The van der Waals surface area contributed by atoms with Crippen molar-refractivity contribution in [2.24, 2.45) is 5.92 Å². The van der Waals surface area contributed by atoms with Crippen LogP contribution in [-0.2, 0) is 6.42 Å². The van der Waals surface area contributed by atoms with E-state index in [1.165, 1.54) is 35.6 Å². The van der Waals surface area contributed by atoms with Gasteiger partial charge < -0.3 is 0 Å². The molecule has 0 aromatic heterocycles. The van der Waals surface area contributed by atoms with Gasteiger partial charge in [-0.2, -0.15) is 0 Å². The van der Waals surface area contributed by atoms with E-state index in [9.17, 15) is 0 Å². The standard InChI is InChI=1S/C16H17Br/c1-11-6-8-14-13-5-3-2-4-12(13)7-9-15(14)16(17)10-11/h2-5,7,9,11,16H,6,8,10H2,1H3. The van der Waals surface area contributed by atoms with Gasteiger partial charge in [-0.3, -0.25) is 0 Å². The number of fused-ring (bicyclic) bond motifs is 3. The maximum atomic E-state index is 3.86. The van der Waals surface area contributed by atoms with E-state index in [2.05, 4.69) is 59.3 Å². The minimum Gasteiger partial charge on any atom is -0.0839 e. The molecule has 2 aromatic carbocycles. The number of alkyl halides is 1. The molecule has 2 atom stereocenters. The fraction of sp³-hybridized carbons (Fsp3) is 0.375. The number of benzene rings is 2. The van der Waals surface area contributed by atoms with Crippen LogP contribution < -0.4 is 0 Å². The predicted molar refractivity (Wildman–Crippen MR) is 77.7 cm³/mol. The Hall–Kier alpha value is -0.820. The lowest BCUT2D eigenvalue weighted by Gasteiger charge is -2.14. The van der Waals surface area contributed by atoms with Gasteiger partial charge in [0.15, 0.2) is 0 Å². The second-order valence-electron chi connectivity index (χ2n) is 5.20. The van der Waals surface area contributed by atoms with Gasteiger partial charge in [0.1, 0.15) is 0 Å². The average Bonchev–Trinajstić information content (AvgIpc) is 2.49. The van der Waals surface area contributed by atoms with Crippen LogP contribution in [0.3, 0.4) is 0 Å². The van der Waals surface area contributed by atoms with Gasteiger partial charge >= 0.3 is 0 Å². The Bertz CT molecular complexity index is 544. The second-order valence-corrected chi connectivity index (χ2v) is 6.31. The van der Waals surface area contributed by atoms with Crippen LogP contribution in [0, 0.1) is 5.92 Å². The minimum absolute atomic E-state index is 0.527. The number of halogens is 1. The molecule has 2 unspecified atom stereocenters. The zero-order valence-corrected chi connectivity index (χ0v) is 11.7. The zero-order valence-electron chi connectivity index (χ0n) is 10.1. The van der Waals surface area contributed by atoms with Crippen molar-refractivity contribution in [2.75, 3.05) is 0 Å². The third-order valence-corrected chi connectivity index (χ3v) is 4.78. The Labute approximate surface area is 111 Å². The molecule has 88 valence electrons. The molecule has 0 amide bonds. The van der Waals surface area contributed by atoms with Gasteiger partial charge in [0.05, 0.1) is 0 Å². The molecule has 0 radical (unpaired) electrons. The summed E-state index contributed by atoms with van der Waals surface area (Å²) in [4.78, 5) is 0.527. The summed E-state index contributed by atoms with van der Waals surface area (Å²) in [5, 5.41) is 2.82. The first-order valence-corrected chi connectivity index (χ1v) is 7.32. The van der Waals surface area contributed by atoms with Gasteiger partial charge in [0.2, 0.25) is 0 Å². The van der Waals surface area contributed by atoms with E-state index in [1.54, 1.807) is 5.56 Å². The number of aryl methyl sites for hydroxylation is 1. The van der Waals surface area contributed by atoms with Gasteiger partial charge in [-0.1, -0.05) is 59.3 Å². The lowest BCUT2D eigenvalue weighted by atomic mass is 9.96. The fourth-order valence-corrected chi connectivity index (χ4v) is 3.98. The van der Waals surface area contributed by atoms with Gasteiger partial charge in [-0.05, 0) is 47.1 Å². The third-order valence-electron chi connectivity index (χ3n) is 3.91. The van der Waals surface area contributed by atoms with Crippen LogP contribution in [0.1, 0.15) is 35.7 Å². The van der Waals surface area contributed by atoms with Crippen molar-refractivity contribution in [1.29, 1.82) is 0 Å². The topological polar surface area (TPSA) is 0 Å². The molecule has 0 bridgehead atoms. The Morgan fingerprint density at radius 1 is 1.12 bits per heavy atom. The van der Waals surface area contributed by atoms with Crippen molar-refractivity contribution in [3.8, 4) is 0 Å². The number of rotatable bonds is 0. The largest absolute Gasteiger partial charge is 0.0839 e. The van der Waals surface area contributed by atoms with E-state index in [1.807, 2.05) is 0 Å². The predicted octanol–water partition coefficient (Wildman–Crippen LogP) is 5.25. The van der Waals surface area contributed by atoms with Crippen LogP contribution in [0.5, 0.6) is 0 Å². The molecule has 0 fully saturated rings. The highest BCUT2D eigenvalue weighted by Crippen LogP contribution is 2.39. The average molecular weight is 289 g/mol. The van der Waals surface area contributed by atoms with E-state index >= 15 is 0 Å². The molecule has 0 saturated carbocycles. The van der Waals surface area contributed by atoms with E-state index in [0.717, 1.165) is 5.92 Å². The summed E-state index contributed by atoms with van der Waals surface area (Å²) in [6.07, 6.45) is 3.79. The van der Waals surface area contributed by atoms with Crippen molar-refractivity contribution < 1.29 is 0 Å². The number of hydrogen-bond acceptors (Lipinski definition) is 0. The van der Waals surface area contributed by atoms with E-state index in [0.29, 0.717) is 4.83 Å². The normalized spacial score (nSPS) is 24.4. The van der Waals surface area contributed by atoms with Crippen molar-refractivity contribution in [2.45, 2.75) is 31.0 Å². The van der Waals surface area contributed by atoms with Gasteiger partial charge in [-0.25, -0.2) is 0 Å². The van der Waals surface area contributed by atoms with Crippen LogP contribution in [0.4, 0.5) is 0 Å². The second kappa shape index (κ2) is 4.45. The maximum absolute atomic E-state index is 3.86. The lowest BCUT2D eigenvalue weighted by Crippen LogP contribution is -1.95. The third kappa shape index (κ3) is 2.01. The van der Waals surface area contributed by atoms with Crippen molar-refractivity contribution in [3.05, 3.63) is 47.5 Å². The van der Waals surface area contributed by atoms with Crippen LogP contribution in [0.2, 0.25) is 0 Å². The molecule has 1 aliphatic rings. The van der Waals surface area contributed by atoms with E-state index in [-0.39, 0.29) is 0 Å². The Morgan fingerprint density at radius 3 is 2.82 bits per heavy atom. The molecular formula is C16H17Br. The Balaban J connectivity index is 2.22. The summed E-state index contributed by atoms with van der Waals surface area (Å²) in [6, 6.07) is 13.3. The fourth-order valence-electron chi connectivity index (χ4n) is 2.91. The molecule has 0 nitrogen and oxygen atoms in total. The molecule has 0 spiro atoms. The monoisotopic (exact) mass is 288 g/mol. The highest BCUT2D eigenvalue weighted by molar-refractivity contribution is 9.09.